The number of rotatable bonds is 3. The topological polar surface area (TPSA) is 132 Å². The van der Waals surface area contributed by atoms with E-state index in [1.807, 2.05) is 7.05 Å². The number of nitrogens with one attached hydrogen (secondary N) is 2. The predicted molar refractivity (Wildman–Crippen MR) is 137 cm³/mol. The van der Waals surface area contributed by atoms with E-state index in [2.05, 4.69) is 10.3 Å². The number of guanidine groups is 1. The molecular weight excluding hydrogens is 468 g/mol. The van der Waals surface area contributed by atoms with Gasteiger partial charge in [-0.1, -0.05) is 18.4 Å². The minimum absolute atomic E-state index is 0.0613. The van der Waals surface area contributed by atoms with Crippen LogP contribution < -0.4 is 21.1 Å². The number of likely N-dealkylation sites (tertiary alicyclic amines) is 1. The third-order valence-corrected chi connectivity index (χ3v) is 12.3. The van der Waals surface area contributed by atoms with Gasteiger partial charge in [-0.25, -0.2) is 4.99 Å². The van der Waals surface area contributed by atoms with Gasteiger partial charge >= 0.3 is 0 Å². The number of carboxylic acid groups (broad SMARTS) is 1. The maximum absolute atomic E-state index is 14.1. The molecule has 204 valence electrons. The summed E-state index contributed by atoms with van der Waals surface area (Å²) in [5, 5.41) is 28.6. The van der Waals surface area contributed by atoms with Crippen molar-refractivity contribution < 1.29 is 24.7 Å². The van der Waals surface area contributed by atoms with Crippen LogP contribution in [0.2, 0.25) is 0 Å². The molecule has 1 heterocycles. The summed E-state index contributed by atoms with van der Waals surface area (Å²) in [6.45, 7) is 2.51. The summed E-state index contributed by atoms with van der Waals surface area (Å²) in [5.74, 6) is -0.131. The van der Waals surface area contributed by atoms with E-state index in [0.717, 1.165) is 83.0 Å². The van der Waals surface area contributed by atoms with Crippen LogP contribution in [-0.2, 0) is 9.59 Å². The molecule has 8 heteroatoms. The molecule has 8 nitrogen and oxygen atoms in total. The average Bonchev–Trinajstić information content (AvgIpc) is 3.47. The zero-order valence-corrected chi connectivity index (χ0v) is 22.5. The second kappa shape index (κ2) is 8.62. The zero-order chi connectivity index (χ0) is 26.2. The number of aliphatic imine (C=N–C) groups is 1. The van der Waals surface area contributed by atoms with Crippen LogP contribution in [0.1, 0.15) is 77.0 Å². The fraction of sp³-hybridized carbons (Fsp3) is 0.828. The minimum Gasteiger partial charge on any atom is -0.545 e. The summed E-state index contributed by atoms with van der Waals surface area (Å²) in [5.41, 5.74) is 4.43. The Labute approximate surface area is 220 Å². The second-order valence-electron chi connectivity index (χ2n) is 13.4. The van der Waals surface area contributed by atoms with Gasteiger partial charge in [-0.05, 0) is 88.1 Å². The van der Waals surface area contributed by atoms with Crippen LogP contribution in [0.3, 0.4) is 0 Å². The zero-order valence-electron chi connectivity index (χ0n) is 22.5. The van der Waals surface area contributed by atoms with E-state index in [0.29, 0.717) is 30.6 Å². The lowest BCUT2D eigenvalue weighted by atomic mass is 9.44. The number of carboxylic acids is 1. The highest BCUT2D eigenvalue weighted by molar-refractivity contribution is 6.03. The third kappa shape index (κ3) is 3.21. The molecule has 6 aliphatic rings. The van der Waals surface area contributed by atoms with Crippen LogP contribution in [0.15, 0.2) is 16.1 Å². The Morgan fingerprint density at radius 1 is 1.19 bits per heavy atom. The van der Waals surface area contributed by atoms with Crippen LogP contribution in [0.4, 0.5) is 0 Å². The van der Waals surface area contributed by atoms with Gasteiger partial charge in [-0.2, -0.15) is 0 Å². The van der Waals surface area contributed by atoms with Gasteiger partial charge in [0.2, 0.25) is 0 Å². The van der Waals surface area contributed by atoms with Crippen molar-refractivity contribution in [3.63, 3.8) is 0 Å². The van der Waals surface area contributed by atoms with Crippen molar-refractivity contribution in [2.75, 3.05) is 33.7 Å². The number of ketones is 1. The van der Waals surface area contributed by atoms with Crippen molar-refractivity contribution in [2.45, 2.75) is 82.7 Å². The lowest BCUT2D eigenvalue weighted by Gasteiger charge is -2.61. The fourth-order valence-electron chi connectivity index (χ4n) is 11.0. The molecule has 3 bridgehead atoms. The van der Waals surface area contributed by atoms with Crippen molar-refractivity contribution in [3.8, 4) is 0 Å². The Morgan fingerprint density at radius 2 is 1.92 bits per heavy atom. The van der Waals surface area contributed by atoms with E-state index in [1.165, 1.54) is 4.90 Å². The van der Waals surface area contributed by atoms with Crippen molar-refractivity contribution in [3.05, 3.63) is 11.1 Å². The van der Waals surface area contributed by atoms with Gasteiger partial charge in [0.1, 0.15) is 0 Å². The summed E-state index contributed by atoms with van der Waals surface area (Å²) in [7, 11) is 3.73. The van der Waals surface area contributed by atoms with Gasteiger partial charge in [-0.3, -0.25) is 9.69 Å². The van der Waals surface area contributed by atoms with E-state index in [9.17, 15) is 19.8 Å². The molecule has 3 spiro atoms. The minimum atomic E-state index is -1.95. The highest BCUT2D eigenvalue weighted by Crippen LogP contribution is 2.78. The van der Waals surface area contributed by atoms with E-state index >= 15 is 0 Å². The number of hydrogen-bond acceptors (Lipinski definition) is 6. The number of allylic oxidation sites excluding steroid dienone is 1. The summed E-state index contributed by atoms with van der Waals surface area (Å²) < 4.78 is 0. The van der Waals surface area contributed by atoms with Gasteiger partial charge in [-0.15, -0.1) is 0 Å². The van der Waals surface area contributed by atoms with Crippen LogP contribution in [0.5, 0.6) is 0 Å². The molecule has 5 N–H and O–H groups in total. The number of fused-ring (bicyclic) bond motifs is 1. The van der Waals surface area contributed by atoms with Crippen LogP contribution in [-0.4, -0.2) is 62.1 Å². The van der Waals surface area contributed by atoms with Gasteiger partial charge in [0.05, 0.1) is 19.1 Å². The maximum atomic E-state index is 14.1. The number of carbonyl (C=O) groups excluding carboxylic acids is 2. The first-order chi connectivity index (χ1) is 17.7. The van der Waals surface area contributed by atoms with Crippen LogP contribution >= 0.6 is 0 Å². The van der Waals surface area contributed by atoms with E-state index in [4.69, 9.17) is 5.73 Å². The van der Waals surface area contributed by atoms with E-state index < -0.39 is 17.0 Å². The molecule has 7 unspecified atom stereocenters. The molecule has 0 aromatic carbocycles. The summed E-state index contributed by atoms with van der Waals surface area (Å²) in [6.07, 6.45) is 10.4. The lowest BCUT2D eigenvalue weighted by molar-refractivity contribution is -0.828. The first-order valence-corrected chi connectivity index (χ1v) is 14.6. The Balaban J connectivity index is 1.58. The standard InChI is InChI=1S/C29H44N4O4/c1-31-15-20-8-12-33(25(30)32-2)17-28(20)19-6-5-18-7-11-26(9-3-4-10-26)14-22(34)29(37)16-27(18,28)21(13-19)23(29)24(35)36/h18-20,31,37H,3-17H2,1-2H3,(H2,30,32)(H,35,36). The molecule has 0 aromatic heterocycles. The first kappa shape index (κ1) is 25.5. The molecule has 0 aromatic rings. The summed E-state index contributed by atoms with van der Waals surface area (Å²) >= 11 is 0. The van der Waals surface area contributed by atoms with E-state index in [1.54, 1.807) is 7.05 Å². The monoisotopic (exact) mass is 512 g/mol. The first-order valence-electron chi connectivity index (χ1n) is 14.6. The number of quaternary nitrogens is 1. The summed E-state index contributed by atoms with van der Waals surface area (Å²) in [6, 6.07) is 0. The molecular formula is C29H44N4O4. The Bertz CT molecular complexity index is 1060. The van der Waals surface area contributed by atoms with Crippen molar-refractivity contribution >= 4 is 17.7 Å². The van der Waals surface area contributed by atoms with Crippen molar-refractivity contribution in [1.82, 2.24) is 5.32 Å². The molecule has 5 aliphatic carbocycles. The summed E-state index contributed by atoms with van der Waals surface area (Å²) in [4.78, 5) is 32.4. The quantitative estimate of drug-likeness (QED) is 0.310. The van der Waals surface area contributed by atoms with Gasteiger partial charge in [0, 0.05) is 36.3 Å². The molecule has 6 rings (SSSR count). The average molecular weight is 513 g/mol. The fourth-order valence-corrected chi connectivity index (χ4v) is 11.0. The number of piperidine rings is 1. The second-order valence-corrected chi connectivity index (χ2v) is 13.4. The van der Waals surface area contributed by atoms with Crippen LogP contribution in [0.25, 0.3) is 0 Å². The molecule has 37 heavy (non-hydrogen) atoms. The SMILES string of the molecule is CN=C(N)[NH+]1CCC(CNC)C2(C1)C1CCC3CCC4(CCCC4)CC(=O)C4(O)CC32C(=C4C(=O)[O-])C1. The Morgan fingerprint density at radius 3 is 2.59 bits per heavy atom. The van der Waals surface area contributed by atoms with Crippen LogP contribution in [0, 0.1) is 34.0 Å². The molecule has 5 fully saturated rings. The lowest BCUT2D eigenvalue weighted by Crippen LogP contribution is -3.19. The van der Waals surface area contributed by atoms with Gasteiger partial charge < -0.3 is 26.1 Å². The molecule has 4 saturated carbocycles. The number of nitrogens with two attached hydrogens (primary N) is 1. The predicted octanol–water partition coefficient (Wildman–Crippen LogP) is -0.0475. The molecule has 1 saturated heterocycles. The number of aliphatic hydroxyl groups is 1. The highest BCUT2D eigenvalue weighted by Gasteiger charge is 2.77. The molecule has 0 radical (unpaired) electrons. The Hall–Kier alpha value is -1.77. The number of carbonyl (C=O) groups is 2. The number of Topliss-reactive ketones (excluding diaryl/α,β-unsaturated/α-hetero) is 1. The number of hydrogen-bond donors (Lipinski definition) is 4. The largest absolute Gasteiger partial charge is 0.545 e. The molecule has 0 amide bonds. The van der Waals surface area contributed by atoms with Crippen molar-refractivity contribution in [2.24, 2.45) is 44.7 Å². The van der Waals surface area contributed by atoms with Gasteiger partial charge in [0.15, 0.2) is 11.4 Å². The number of nitrogens with zero attached hydrogens (tertiary/aromatic N) is 1. The third-order valence-electron chi connectivity index (χ3n) is 12.3. The Kier molecular flexibility index (Phi) is 5.94. The molecule has 7 atom stereocenters. The van der Waals surface area contributed by atoms with E-state index in [-0.39, 0.29) is 34.5 Å². The van der Waals surface area contributed by atoms with Gasteiger partial charge in [0.25, 0.3) is 5.96 Å². The normalized spacial score (nSPS) is 44.8. The molecule has 1 aliphatic heterocycles. The maximum Gasteiger partial charge on any atom is 0.293 e. The number of aliphatic carboxylic acids is 1. The van der Waals surface area contributed by atoms with Crippen molar-refractivity contribution in [1.29, 1.82) is 0 Å². The highest BCUT2D eigenvalue weighted by atomic mass is 16.4. The smallest absolute Gasteiger partial charge is 0.293 e.